The zero-order chi connectivity index (χ0) is 16.3. The van der Waals surface area contributed by atoms with E-state index in [0.717, 1.165) is 18.8 Å². The summed E-state index contributed by atoms with van der Waals surface area (Å²) in [6, 6.07) is 6.85. The van der Waals surface area contributed by atoms with Crippen LogP contribution in [0.15, 0.2) is 24.3 Å². The Morgan fingerprint density at radius 1 is 1.13 bits per heavy atom. The number of benzene rings is 1. The zero-order valence-electron chi connectivity index (χ0n) is 13.1. The lowest BCUT2D eigenvalue weighted by molar-refractivity contribution is -0.132. The smallest absolute Gasteiger partial charge is 0.325 e. The SMILES string of the molecule is COc1ccc(OCCN2C(=O)NC3(CCNCC3)C2=O)cc1. The highest BCUT2D eigenvalue weighted by Gasteiger charge is 2.51. The highest BCUT2D eigenvalue weighted by molar-refractivity contribution is 6.07. The summed E-state index contributed by atoms with van der Waals surface area (Å²) < 4.78 is 10.7. The summed E-state index contributed by atoms with van der Waals surface area (Å²) in [5.74, 6) is 1.29. The number of rotatable bonds is 5. The van der Waals surface area contributed by atoms with Crippen LogP contribution in [0.3, 0.4) is 0 Å². The zero-order valence-corrected chi connectivity index (χ0v) is 13.1. The minimum atomic E-state index is -0.720. The standard InChI is InChI=1S/C16H21N3O4/c1-22-12-2-4-13(5-3-12)23-11-10-19-14(20)16(18-15(19)21)6-8-17-9-7-16/h2-5,17H,6-11H2,1H3,(H,18,21). The van der Waals surface area contributed by atoms with Gasteiger partial charge in [0.1, 0.15) is 23.6 Å². The van der Waals surface area contributed by atoms with Gasteiger partial charge in [-0.25, -0.2) is 4.79 Å². The summed E-state index contributed by atoms with van der Waals surface area (Å²) >= 11 is 0. The molecular formula is C16H21N3O4. The maximum atomic E-state index is 12.6. The van der Waals surface area contributed by atoms with E-state index in [4.69, 9.17) is 9.47 Å². The van der Waals surface area contributed by atoms with Crippen molar-refractivity contribution in [2.24, 2.45) is 0 Å². The van der Waals surface area contributed by atoms with Gasteiger partial charge in [-0.1, -0.05) is 0 Å². The van der Waals surface area contributed by atoms with Crippen LogP contribution in [0.4, 0.5) is 4.79 Å². The van der Waals surface area contributed by atoms with Gasteiger partial charge in [-0.05, 0) is 50.2 Å². The first-order chi connectivity index (χ1) is 11.1. The maximum Gasteiger partial charge on any atom is 0.325 e. The lowest BCUT2D eigenvalue weighted by Crippen LogP contribution is -2.54. The fourth-order valence-electron chi connectivity index (χ4n) is 3.00. The molecule has 2 saturated heterocycles. The fourth-order valence-corrected chi connectivity index (χ4v) is 3.00. The van der Waals surface area contributed by atoms with E-state index in [9.17, 15) is 9.59 Å². The molecule has 2 N–H and O–H groups in total. The number of carbonyl (C=O) groups excluding carboxylic acids is 2. The molecule has 0 radical (unpaired) electrons. The second kappa shape index (κ2) is 6.45. The predicted molar refractivity (Wildman–Crippen MR) is 83.6 cm³/mol. The van der Waals surface area contributed by atoms with E-state index >= 15 is 0 Å². The topological polar surface area (TPSA) is 79.9 Å². The molecule has 1 aromatic carbocycles. The molecule has 7 nitrogen and oxygen atoms in total. The van der Waals surface area contributed by atoms with Crippen molar-refractivity contribution in [3.05, 3.63) is 24.3 Å². The number of methoxy groups -OCH3 is 1. The first kappa shape index (κ1) is 15.6. The second-order valence-electron chi connectivity index (χ2n) is 5.74. The van der Waals surface area contributed by atoms with E-state index in [-0.39, 0.29) is 25.1 Å². The number of amides is 3. The number of urea groups is 1. The quantitative estimate of drug-likeness (QED) is 0.783. The monoisotopic (exact) mass is 319 g/mol. The van der Waals surface area contributed by atoms with E-state index in [1.165, 1.54) is 4.90 Å². The van der Waals surface area contributed by atoms with Gasteiger partial charge in [0.2, 0.25) is 0 Å². The Balaban J connectivity index is 1.55. The molecule has 3 rings (SSSR count). The maximum absolute atomic E-state index is 12.6. The molecule has 124 valence electrons. The van der Waals surface area contributed by atoms with E-state index in [0.29, 0.717) is 18.6 Å². The van der Waals surface area contributed by atoms with Gasteiger partial charge < -0.3 is 20.1 Å². The van der Waals surface area contributed by atoms with Gasteiger partial charge >= 0.3 is 6.03 Å². The summed E-state index contributed by atoms with van der Waals surface area (Å²) in [5.41, 5.74) is -0.720. The van der Waals surface area contributed by atoms with Crippen molar-refractivity contribution in [2.45, 2.75) is 18.4 Å². The molecule has 0 aromatic heterocycles. The van der Waals surface area contributed by atoms with Gasteiger partial charge in [-0.3, -0.25) is 9.69 Å². The van der Waals surface area contributed by atoms with Crippen molar-refractivity contribution in [3.63, 3.8) is 0 Å². The number of ether oxygens (including phenoxy) is 2. The van der Waals surface area contributed by atoms with Crippen molar-refractivity contribution in [1.82, 2.24) is 15.5 Å². The summed E-state index contributed by atoms with van der Waals surface area (Å²) in [4.78, 5) is 25.9. The average Bonchev–Trinajstić information content (AvgIpc) is 2.80. The summed E-state index contributed by atoms with van der Waals surface area (Å²) in [5, 5.41) is 6.06. The largest absolute Gasteiger partial charge is 0.497 e. The Morgan fingerprint density at radius 3 is 2.43 bits per heavy atom. The van der Waals surface area contributed by atoms with Crippen LogP contribution >= 0.6 is 0 Å². The third-order valence-corrected chi connectivity index (χ3v) is 4.35. The van der Waals surface area contributed by atoms with E-state index < -0.39 is 5.54 Å². The molecule has 2 fully saturated rings. The van der Waals surface area contributed by atoms with E-state index in [1.807, 2.05) is 0 Å². The molecule has 2 aliphatic rings. The number of nitrogens with one attached hydrogen (secondary N) is 2. The minimum Gasteiger partial charge on any atom is -0.497 e. The van der Waals surface area contributed by atoms with Gasteiger partial charge in [-0.2, -0.15) is 0 Å². The van der Waals surface area contributed by atoms with Crippen LogP contribution in [0.5, 0.6) is 11.5 Å². The Labute approximate surface area is 134 Å². The number of carbonyl (C=O) groups is 2. The number of hydrogen-bond donors (Lipinski definition) is 2. The van der Waals surface area contributed by atoms with Crippen LogP contribution in [0, 0.1) is 0 Å². The third kappa shape index (κ3) is 3.10. The lowest BCUT2D eigenvalue weighted by atomic mass is 9.88. The molecule has 0 bridgehead atoms. The molecule has 0 aliphatic carbocycles. The van der Waals surface area contributed by atoms with Crippen molar-refractivity contribution >= 4 is 11.9 Å². The van der Waals surface area contributed by atoms with Crippen LogP contribution in [-0.2, 0) is 4.79 Å². The molecule has 0 unspecified atom stereocenters. The molecule has 0 atom stereocenters. The highest BCUT2D eigenvalue weighted by atomic mass is 16.5. The molecular weight excluding hydrogens is 298 g/mol. The molecule has 2 aliphatic heterocycles. The number of nitrogens with zero attached hydrogens (tertiary/aromatic N) is 1. The fraction of sp³-hybridized carbons (Fsp3) is 0.500. The van der Waals surface area contributed by atoms with Gasteiger partial charge in [0.25, 0.3) is 5.91 Å². The van der Waals surface area contributed by atoms with Crippen LogP contribution in [0.25, 0.3) is 0 Å². The molecule has 0 saturated carbocycles. The van der Waals surface area contributed by atoms with Crippen LogP contribution in [0.2, 0.25) is 0 Å². The van der Waals surface area contributed by atoms with Crippen LogP contribution in [0.1, 0.15) is 12.8 Å². The molecule has 1 aromatic rings. The van der Waals surface area contributed by atoms with Gasteiger partial charge in [0.05, 0.1) is 13.7 Å². The Kier molecular flexibility index (Phi) is 4.38. The van der Waals surface area contributed by atoms with Gasteiger partial charge in [0.15, 0.2) is 0 Å². The van der Waals surface area contributed by atoms with E-state index in [1.54, 1.807) is 31.4 Å². The average molecular weight is 319 g/mol. The Hall–Kier alpha value is -2.28. The second-order valence-corrected chi connectivity index (χ2v) is 5.74. The van der Waals surface area contributed by atoms with Crippen LogP contribution in [-0.4, -0.2) is 55.7 Å². The van der Waals surface area contributed by atoms with Crippen molar-refractivity contribution < 1.29 is 19.1 Å². The Bertz CT molecular complexity index is 581. The molecule has 23 heavy (non-hydrogen) atoms. The van der Waals surface area contributed by atoms with Gasteiger partial charge in [0, 0.05) is 0 Å². The first-order valence-corrected chi connectivity index (χ1v) is 7.76. The summed E-state index contributed by atoms with van der Waals surface area (Å²) in [7, 11) is 1.60. The van der Waals surface area contributed by atoms with Crippen molar-refractivity contribution in [3.8, 4) is 11.5 Å². The highest BCUT2D eigenvalue weighted by Crippen LogP contribution is 2.26. The van der Waals surface area contributed by atoms with Crippen LogP contribution < -0.4 is 20.1 Å². The minimum absolute atomic E-state index is 0.137. The van der Waals surface area contributed by atoms with E-state index in [2.05, 4.69) is 10.6 Å². The predicted octanol–water partition coefficient (Wildman–Crippen LogP) is 0.748. The molecule has 1 spiro atoms. The lowest BCUT2D eigenvalue weighted by Gasteiger charge is -2.31. The molecule has 7 heteroatoms. The molecule has 3 amide bonds. The number of imide groups is 1. The van der Waals surface area contributed by atoms with Gasteiger partial charge in [-0.15, -0.1) is 0 Å². The van der Waals surface area contributed by atoms with Crippen molar-refractivity contribution in [2.75, 3.05) is 33.4 Å². The summed E-state index contributed by atoms with van der Waals surface area (Å²) in [6.07, 6.45) is 1.26. The number of hydrogen-bond acceptors (Lipinski definition) is 5. The molecule has 2 heterocycles. The summed E-state index contributed by atoms with van der Waals surface area (Å²) in [6.45, 7) is 1.98. The first-order valence-electron chi connectivity index (χ1n) is 7.76. The van der Waals surface area contributed by atoms with Crippen molar-refractivity contribution in [1.29, 1.82) is 0 Å². The number of piperidine rings is 1. The normalized spacial score (nSPS) is 19.8. The Morgan fingerprint density at radius 2 is 1.78 bits per heavy atom. The third-order valence-electron chi connectivity index (χ3n) is 4.35.